The highest BCUT2D eigenvalue weighted by atomic mass is 19.3. The third kappa shape index (κ3) is 2.17. The van der Waals surface area contributed by atoms with Crippen molar-refractivity contribution in [3.05, 3.63) is 28.6 Å². The minimum atomic E-state index is -2.67. The number of piperidine rings is 1. The van der Waals surface area contributed by atoms with Crippen LogP contribution in [-0.2, 0) is 0 Å². The molecule has 0 aliphatic carbocycles. The SMILES string of the molecule is O=[N+]([O-])c1cc(N2CCC(F)(F)CC2)c2ocnc2c1. The third-order valence-electron chi connectivity index (χ3n) is 3.44. The Morgan fingerprint density at radius 1 is 1.35 bits per heavy atom. The van der Waals surface area contributed by atoms with Crippen molar-refractivity contribution in [2.24, 2.45) is 0 Å². The Morgan fingerprint density at radius 3 is 2.70 bits per heavy atom. The Balaban J connectivity index is 2.02. The predicted octanol–water partition coefficient (Wildman–Crippen LogP) is 2.97. The van der Waals surface area contributed by atoms with E-state index < -0.39 is 10.8 Å². The lowest BCUT2D eigenvalue weighted by molar-refractivity contribution is -0.384. The number of halogens is 2. The first-order chi connectivity index (χ1) is 9.46. The second kappa shape index (κ2) is 4.39. The largest absolute Gasteiger partial charge is 0.441 e. The zero-order chi connectivity index (χ0) is 14.3. The first-order valence-electron chi connectivity index (χ1n) is 6.11. The van der Waals surface area contributed by atoms with Gasteiger partial charge in [0.15, 0.2) is 12.0 Å². The summed E-state index contributed by atoms with van der Waals surface area (Å²) in [7, 11) is 0. The maximum atomic E-state index is 13.2. The fourth-order valence-electron chi connectivity index (χ4n) is 2.35. The third-order valence-corrected chi connectivity index (χ3v) is 3.44. The molecule has 1 aliphatic heterocycles. The molecule has 0 spiro atoms. The lowest BCUT2D eigenvalue weighted by Crippen LogP contribution is -2.39. The highest BCUT2D eigenvalue weighted by Gasteiger charge is 2.35. The van der Waals surface area contributed by atoms with Gasteiger partial charge in [-0.25, -0.2) is 13.8 Å². The molecule has 0 bridgehead atoms. The summed E-state index contributed by atoms with van der Waals surface area (Å²) in [6.07, 6.45) is 0.646. The number of nitrogens with zero attached hydrogens (tertiary/aromatic N) is 3. The number of hydrogen-bond acceptors (Lipinski definition) is 5. The Hall–Kier alpha value is -2.25. The summed E-state index contributed by atoms with van der Waals surface area (Å²) >= 11 is 0. The smallest absolute Gasteiger partial charge is 0.273 e. The minimum Gasteiger partial charge on any atom is -0.441 e. The number of anilines is 1. The molecule has 1 aliphatic rings. The number of benzene rings is 1. The Kier molecular flexibility index (Phi) is 2.81. The van der Waals surface area contributed by atoms with E-state index in [1.807, 2.05) is 0 Å². The van der Waals surface area contributed by atoms with Crippen LogP contribution in [0.2, 0.25) is 0 Å². The fourth-order valence-corrected chi connectivity index (χ4v) is 2.35. The van der Waals surface area contributed by atoms with Crippen LogP contribution in [0.15, 0.2) is 22.9 Å². The Morgan fingerprint density at radius 2 is 2.05 bits per heavy atom. The van der Waals surface area contributed by atoms with Gasteiger partial charge < -0.3 is 9.32 Å². The minimum absolute atomic E-state index is 0.126. The molecule has 2 heterocycles. The summed E-state index contributed by atoms with van der Waals surface area (Å²) in [6.45, 7) is 0.258. The zero-order valence-electron chi connectivity index (χ0n) is 10.4. The van der Waals surface area contributed by atoms with Gasteiger partial charge in [-0.05, 0) is 0 Å². The van der Waals surface area contributed by atoms with E-state index >= 15 is 0 Å². The second-order valence-corrected chi connectivity index (χ2v) is 4.77. The van der Waals surface area contributed by atoms with Crippen LogP contribution >= 0.6 is 0 Å². The summed E-state index contributed by atoms with van der Waals surface area (Å²) in [6, 6.07) is 2.65. The standard InChI is InChI=1S/C12H11F2N3O3/c13-12(14)1-3-16(4-2-12)10-6-8(17(18)19)5-9-11(10)20-7-15-9/h5-7H,1-4H2. The van der Waals surface area contributed by atoms with Crippen LogP contribution in [0.1, 0.15) is 12.8 Å². The van der Waals surface area contributed by atoms with Crippen LogP contribution in [0.5, 0.6) is 0 Å². The van der Waals surface area contributed by atoms with Crippen molar-refractivity contribution in [2.75, 3.05) is 18.0 Å². The summed E-state index contributed by atoms with van der Waals surface area (Å²) in [5, 5.41) is 10.9. The highest BCUT2D eigenvalue weighted by molar-refractivity contribution is 5.89. The van der Waals surface area contributed by atoms with Crippen LogP contribution in [0, 0.1) is 10.1 Å². The van der Waals surface area contributed by atoms with Gasteiger partial charge in [0, 0.05) is 38.1 Å². The topological polar surface area (TPSA) is 72.4 Å². The van der Waals surface area contributed by atoms with Crippen molar-refractivity contribution in [2.45, 2.75) is 18.8 Å². The Labute approximate surface area is 112 Å². The Bertz CT molecular complexity index is 661. The molecule has 0 amide bonds. The van der Waals surface area contributed by atoms with E-state index in [9.17, 15) is 18.9 Å². The van der Waals surface area contributed by atoms with E-state index in [4.69, 9.17) is 4.42 Å². The van der Waals surface area contributed by atoms with Gasteiger partial charge >= 0.3 is 0 Å². The van der Waals surface area contributed by atoms with Crippen LogP contribution in [0.25, 0.3) is 11.1 Å². The zero-order valence-corrected chi connectivity index (χ0v) is 10.4. The van der Waals surface area contributed by atoms with Crippen LogP contribution in [0.3, 0.4) is 0 Å². The van der Waals surface area contributed by atoms with E-state index in [2.05, 4.69) is 4.98 Å². The molecular weight excluding hydrogens is 272 g/mol. The van der Waals surface area contributed by atoms with Crippen LogP contribution in [0.4, 0.5) is 20.2 Å². The summed E-state index contributed by atoms with van der Waals surface area (Å²) in [5.74, 6) is -2.67. The van der Waals surface area contributed by atoms with Crippen LogP contribution < -0.4 is 4.90 Å². The van der Waals surface area contributed by atoms with Crippen molar-refractivity contribution in [1.82, 2.24) is 4.98 Å². The quantitative estimate of drug-likeness (QED) is 0.625. The molecule has 3 rings (SSSR count). The number of aromatic nitrogens is 1. The van der Waals surface area contributed by atoms with E-state index in [1.165, 1.54) is 18.5 Å². The van der Waals surface area contributed by atoms with Crippen molar-refractivity contribution in [1.29, 1.82) is 0 Å². The number of fused-ring (bicyclic) bond motifs is 1. The molecule has 1 aromatic carbocycles. The molecule has 106 valence electrons. The van der Waals surface area contributed by atoms with E-state index in [1.54, 1.807) is 4.90 Å². The van der Waals surface area contributed by atoms with Crippen molar-refractivity contribution >= 4 is 22.5 Å². The average Bonchev–Trinajstić information content (AvgIpc) is 2.85. The molecule has 6 nitrogen and oxygen atoms in total. The molecule has 1 aromatic heterocycles. The van der Waals surface area contributed by atoms with Crippen LogP contribution in [-0.4, -0.2) is 28.9 Å². The van der Waals surface area contributed by atoms with Gasteiger partial charge in [-0.3, -0.25) is 10.1 Å². The summed E-state index contributed by atoms with van der Waals surface area (Å²) in [5.41, 5.74) is 1.06. The van der Waals surface area contributed by atoms with Gasteiger partial charge in [-0.15, -0.1) is 0 Å². The predicted molar refractivity (Wildman–Crippen MR) is 67.1 cm³/mol. The van der Waals surface area contributed by atoms with Gasteiger partial charge in [0.2, 0.25) is 0 Å². The molecule has 20 heavy (non-hydrogen) atoms. The average molecular weight is 283 g/mol. The monoisotopic (exact) mass is 283 g/mol. The molecule has 0 unspecified atom stereocenters. The lowest BCUT2D eigenvalue weighted by Gasteiger charge is -2.33. The lowest BCUT2D eigenvalue weighted by atomic mass is 10.1. The van der Waals surface area contributed by atoms with Gasteiger partial charge in [-0.2, -0.15) is 0 Å². The molecule has 0 atom stereocenters. The number of nitro groups is 1. The normalized spacial score (nSPS) is 18.4. The first kappa shape index (κ1) is 12.8. The summed E-state index contributed by atoms with van der Waals surface area (Å²) < 4.78 is 31.6. The van der Waals surface area contributed by atoms with Gasteiger partial charge in [0.1, 0.15) is 5.52 Å². The number of alkyl halides is 2. The fraction of sp³-hybridized carbons (Fsp3) is 0.417. The maximum absolute atomic E-state index is 13.2. The van der Waals surface area contributed by atoms with Crippen molar-refractivity contribution in [3.8, 4) is 0 Å². The molecule has 8 heteroatoms. The molecule has 0 N–H and O–H groups in total. The number of oxazole rings is 1. The molecular formula is C12H11F2N3O3. The van der Waals surface area contributed by atoms with Crippen molar-refractivity contribution in [3.63, 3.8) is 0 Å². The molecule has 2 aromatic rings. The van der Waals surface area contributed by atoms with Crippen molar-refractivity contribution < 1.29 is 18.1 Å². The number of nitro benzene ring substituents is 1. The van der Waals surface area contributed by atoms with Gasteiger partial charge in [0.05, 0.1) is 10.6 Å². The second-order valence-electron chi connectivity index (χ2n) is 4.77. The number of non-ortho nitro benzene ring substituents is 1. The molecule has 0 saturated carbocycles. The highest BCUT2D eigenvalue weighted by Crippen LogP contribution is 2.36. The maximum Gasteiger partial charge on any atom is 0.273 e. The first-order valence-corrected chi connectivity index (χ1v) is 6.11. The molecule has 1 saturated heterocycles. The van der Waals surface area contributed by atoms with Gasteiger partial charge in [-0.1, -0.05) is 0 Å². The van der Waals surface area contributed by atoms with E-state index in [0.717, 1.165) is 0 Å². The van der Waals surface area contributed by atoms with E-state index in [-0.39, 0.29) is 31.6 Å². The number of hydrogen-bond donors (Lipinski definition) is 0. The van der Waals surface area contributed by atoms with E-state index in [0.29, 0.717) is 16.8 Å². The number of rotatable bonds is 2. The molecule has 1 fully saturated rings. The molecule has 0 radical (unpaired) electrons. The van der Waals surface area contributed by atoms with Gasteiger partial charge in [0.25, 0.3) is 11.6 Å². The summed E-state index contributed by atoms with van der Waals surface area (Å²) in [4.78, 5) is 16.0.